The van der Waals surface area contributed by atoms with Gasteiger partial charge in [-0.05, 0) is 40.1 Å². The minimum absolute atomic E-state index is 0.283. The van der Waals surface area contributed by atoms with Crippen molar-refractivity contribution >= 4 is 23.2 Å². The number of nitrogens with zero attached hydrogens (tertiary/aromatic N) is 2. The zero-order valence-corrected chi connectivity index (χ0v) is 16.1. The van der Waals surface area contributed by atoms with Gasteiger partial charge in [0, 0.05) is 19.2 Å². The molecule has 0 N–H and O–H groups in total. The summed E-state index contributed by atoms with van der Waals surface area (Å²) in [5.74, 6) is -0.880. The first kappa shape index (κ1) is 19.3. The van der Waals surface area contributed by atoms with Crippen LogP contribution in [0.15, 0.2) is 65.4 Å². The van der Waals surface area contributed by atoms with Crippen LogP contribution in [0.1, 0.15) is 21.5 Å². The highest BCUT2D eigenvalue weighted by molar-refractivity contribution is 7.07. The number of hydrogen-bond donors (Lipinski definition) is 0. The van der Waals surface area contributed by atoms with Gasteiger partial charge < -0.3 is 9.64 Å². The maximum absolute atomic E-state index is 12.6. The van der Waals surface area contributed by atoms with Crippen LogP contribution < -0.4 is 0 Å². The summed E-state index contributed by atoms with van der Waals surface area (Å²) in [5.41, 5.74) is 3.07. The second-order valence-corrected chi connectivity index (χ2v) is 6.94. The molecule has 1 aromatic heterocycles. The third-order valence-corrected chi connectivity index (χ3v) is 4.97. The van der Waals surface area contributed by atoms with E-state index in [1.807, 2.05) is 16.8 Å². The summed E-state index contributed by atoms with van der Waals surface area (Å²) in [4.78, 5) is 26.4. The summed E-state index contributed by atoms with van der Waals surface area (Å²) in [7, 11) is 1.67. The second-order valence-electron chi connectivity index (χ2n) is 6.16. The number of thiophene rings is 1. The maximum atomic E-state index is 12.6. The topological polar surface area (TPSA) is 70.4 Å². The van der Waals surface area contributed by atoms with Crippen LogP contribution in [-0.2, 0) is 16.1 Å². The number of likely N-dealkylation sites (N-methyl/N-ethyl adjacent to an activating group) is 1. The fourth-order valence-corrected chi connectivity index (χ4v) is 3.43. The van der Waals surface area contributed by atoms with Crippen LogP contribution in [0.3, 0.4) is 0 Å². The van der Waals surface area contributed by atoms with Crippen molar-refractivity contribution < 1.29 is 14.3 Å². The first-order valence-electron chi connectivity index (χ1n) is 8.61. The van der Waals surface area contributed by atoms with Crippen molar-refractivity contribution in [2.24, 2.45) is 0 Å². The van der Waals surface area contributed by atoms with Gasteiger partial charge in [0.2, 0.25) is 0 Å². The van der Waals surface area contributed by atoms with Gasteiger partial charge in [-0.25, -0.2) is 4.79 Å². The lowest BCUT2D eigenvalue weighted by Crippen LogP contribution is -2.30. The number of benzene rings is 2. The molecule has 0 fully saturated rings. The minimum atomic E-state index is -0.597. The molecule has 0 unspecified atom stereocenters. The molecule has 0 saturated carbocycles. The molecule has 0 saturated heterocycles. The SMILES string of the molecule is CN(Cc1ccsc1)C(=O)COC(=O)c1ccccc1-c1ccccc1C#N. The Balaban J connectivity index is 1.72. The fraction of sp³-hybridized carbons (Fsp3) is 0.136. The molecular formula is C22H18N2O3S. The van der Waals surface area contributed by atoms with Crippen LogP contribution in [0, 0.1) is 11.3 Å². The van der Waals surface area contributed by atoms with E-state index in [0.29, 0.717) is 28.8 Å². The van der Waals surface area contributed by atoms with Gasteiger partial charge in [-0.2, -0.15) is 16.6 Å². The molecule has 140 valence electrons. The van der Waals surface area contributed by atoms with E-state index in [1.165, 1.54) is 4.90 Å². The van der Waals surface area contributed by atoms with Crippen molar-refractivity contribution in [3.8, 4) is 17.2 Å². The normalized spacial score (nSPS) is 10.1. The van der Waals surface area contributed by atoms with Gasteiger partial charge in [0.25, 0.3) is 5.91 Å². The fourth-order valence-electron chi connectivity index (χ4n) is 2.77. The summed E-state index contributed by atoms with van der Waals surface area (Å²) >= 11 is 1.57. The Morgan fingerprint density at radius 2 is 1.79 bits per heavy atom. The van der Waals surface area contributed by atoms with Gasteiger partial charge in [0.1, 0.15) is 0 Å². The van der Waals surface area contributed by atoms with E-state index < -0.39 is 5.97 Å². The van der Waals surface area contributed by atoms with E-state index in [-0.39, 0.29) is 12.5 Å². The predicted octanol–water partition coefficient (Wildman–Crippen LogP) is 4.10. The van der Waals surface area contributed by atoms with E-state index in [4.69, 9.17) is 4.74 Å². The van der Waals surface area contributed by atoms with E-state index in [9.17, 15) is 14.9 Å². The van der Waals surface area contributed by atoms with E-state index in [0.717, 1.165) is 5.56 Å². The van der Waals surface area contributed by atoms with Crippen LogP contribution in [-0.4, -0.2) is 30.4 Å². The summed E-state index contributed by atoms with van der Waals surface area (Å²) in [6, 6.07) is 18.0. The summed E-state index contributed by atoms with van der Waals surface area (Å²) < 4.78 is 5.26. The highest BCUT2D eigenvalue weighted by Crippen LogP contribution is 2.27. The summed E-state index contributed by atoms with van der Waals surface area (Å²) in [6.45, 7) is 0.125. The smallest absolute Gasteiger partial charge is 0.339 e. The second kappa shape index (κ2) is 8.98. The molecule has 0 radical (unpaired) electrons. The average molecular weight is 390 g/mol. The molecule has 0 aliphatic carbocycles. The lowest BCUT2D eigenvalue weighted by molar-refractivity contribution is -0.133. The van der Waals surface area contributed by atoms with Crippen molar-refractivity contribution in [2.45, 2.75) is 6.54 Å². The molecule has 0 atom stereocenters. The van der Waals surface area contributed by atoms with Crippen molar-refractivity contribution in [1.29, 1.82) is 5.26 Å². The zero-order chi connectivity index (χ0) is 19.9. The molecule has 1 amide bonds. The predicted molar refractivity (Wildman–Crippen MR) is 108 cm³/mol. The number of hydrogen-bond acceptors (Lipinski definition) is 5. The standard InChI is InChI=1S/C22H18N2O3S/c1-24(13-16-10-11-28-15-16)21(25)14-27-22(26)20-9-5-4-8-19(20)18-7-3-2-6-17(18)12-23/h2-11,15H,13-14H2,1H3. The van der Waals surface area contributed by atoms with Crippen LogP contribution >= 0.6 is 11.3 Å². The van der Waals surface area contributed by atoms with E-state index in [1.54, 1.807) is 66.9 Å². The third kappa shape index (κ3) is 4.45. The lowest BCUT2D eigenvalue weighted by Gasteiger charge is -2.17. The lowest BCUT2D eigenvalue weighted by atomic mass is 9.96. The van der Waals surface area contributed by atoms with E-state index in [2.05, 4.69) is 6.07 Å². The molecule has 0 aliphatic heterocycles. The molecule has 6 heteroatoms. The third-order valence-electron chi connectivity index (χ3n) is 4.24. The summed E-state index contributed by atoms with van der Waals surface area (Å²) in [6.07, 6.45) is 0. The van der Waals surface area contributed by atoms with Crippen LogP contribution in [0.4, 0.5) is 0 Å². The Morgan fingerprint density at radius 3 is 2.50 bits per heavy atom. The van der Waals surface area contributed by atoms with Crippen LogP contribution in [0.2, 0.25) is 0 Å². The number of esters is 1. The number of rotatable bonds is 6. The largest absolute Gasteiger partial charge is 0.452 e. The Morgan fingerprint density at radius 1 is 1.07 bits per heavy atom. The van der Waals surface area contributed by atoms with Gasteiger partial charge in [0.15, 0.2) is 6.61 Å². The van der Waals surface area contributed by atoms with E-state index >= 15 is 0 Å². The molecular weight excluding hydrogens is 372 g/mol. The van der Waals surface area contributed by atoms with Crippen LogP contribution in [0.5, 0.6) is 0 Å². The van der Waals surface area contributed by atoms with Gasteiger partial charge in [0.05, 0.1) is 17.2 Å². The monoisotopic (exact) mass is 390 g/mol. The Hall–Kier alpha value is -3.43. The Bertz CT molecular complexity index is 1020. The maximum Gasteiger partial charge on any atom is 0.339 e. The van der Waals surface area contributed by atoms with Gasteiger partial charge >= 0.3 is 5.97 Å². The molecule has 0 aliphatic rings. The summed E-state index contributed by atoms with van der Waals surface area (Å²) in [5, 5.41) is 13.3. The molecule has 0 spiro atoms. The quantitative estimate of drug-likeness (QED) is 0.594. The van der Waals surface area contributed by atoms with Crippen LogP contribution in [0.25, 0.3) is 11.1 Å². The highest BCUT2D eigenvalue weighted by Gasteiger charge is 2.18. The molecule has 3 aromatic rings. The molecule has 2 aromatic carbocycles. The highest BCUT2D eigenvalue weighted by atomic mass is 32.1. The van der Waals surface area contributed by atoms with Crippen molar-refractivity contribution in [2.75, 3.05) is 13.7 Å². The first-order valence-corrected chi connectivity index (χ1v) is 9.55. The molecule has 0 bridgehead atoms. The minimum Gasteiger partial charge on any atom is -0.452 e. The molecule has 3 rings (SSSR count). The number of amides is 1. The van der Waals surface area contributed by atoms with Crippen molar-refractivity contribution in [3.63, 3.8) is 0 Å². The van der Waals surface area contributed by atoms with Gasteiger partial charge in [-0.3, -0.25) is 4.79 Å². The number of carbonyl (C=O) groups is 2. The first-order chi connectivity index (χ1) is 13.6. The zero-order valence-electron chi connectivity index (χ0n) is 15.3. The molecule has 5 nitrogen and oxygen atoms in total. The number of ether oxygens (including phenoxy) is 1. The molecule has 28 heavy (non-hydrogen) atoms. The molecule has 1 heterocycles. The van der Waals surface area contributed by atoms with Gasteiger partial charge in [-0.15, -0.1) is 0 Å². The van der Waals surface area contributed by atoms with Crippen molar-refractivity contribution in [1.82, 2.24) is 4.90 Å². The average Bonchev–Trinajstić information content (AvgIpc) is 3.24. The van der Waals surface area contributed by atoms with Crippen molar-refractivity contribution in [3.05, 3.63) is 82.0 Å². The Kier molecular flexibility index (Phi) is 6.20. The number of carbonyl (C=O) groups excluding carboxylic acids is 2. The number of nitriles is 1. The van der Waals surface area contributed by atoms with Gasteiger partial charge in [-0.1, -0.05) is 36.4 Å². The Labute approximate surface area is 167 Å².